The van der Waals surface area contributed by atoms with Crippen LogP contribution < -0.4 is 0 Å². The molecule has 0 bridgehead atoms. The van der Waals surface area contributed by atoms with Gasteiger partial charge in [-0.15, -0.1) is 0 Å². The van der Waals surface area contributed by atoms with Crippen molar-refractivity contribution < 1.29 is 14.7 Å². The Morgan fingerprint density at radius 3 is 2.52 bits per heavy atom. The van der Waals surface area contributed by atoms with Crippen molar-refractivity contribution in [3.63, 3.8) is 0 Å². The molecule has 3 aliphatic rings. The lowest BCUT2D eigenvalue weighted by molar-refractivity contribution is -0.166. The molecule has 1 aliphatic carbocycles. The first-order valence-electron chi connectivity index (χ1n) is 11.2. The summed E-state index contributed by atoms with van der Waals surface area (Å²) in [5.41, 5.74) is 4.76. The smallest absolute Gasteiger partial charge is 0.242 e. The van der Waals surface area contributed by atoms with E-state index in [0.717, 1.165) is 24.0 Å². The van der Waals surface area contributed by atoms with Crippen LogP contribution in [0.25, 0.3) is 5.57 Å². The summed E-state index contributed by atoms with van der Waals surface area (Å²) >= 11 is 0. The molecule has 2 aromatic rings. The second-order valence-electron chi connectivity index (χ2n) is 8.82. The third kappa shape index (κ3) is 3.68. The summed E-state index contributed by atoms with van der Waals surface area (Å²) < 4.78 is 0. The van der Waals surface area contributed by atoms with Crippen LogP contribution >= 0.6 is 0 Å². The van der Waals surface area contributed by atoms with Gasteiger partial charge in [0.1, 0.15) is 0 Å². The lowest BCUT2D eigenvalue weighted by Crippen LogP contribution is -2.73. The van der Waals surface area contributed by atoms with Crippen LogP contribution in [-0.2, 0) is 16.0 Å². The van der Waals surface area contributed by atoms with Crippen molar-refractivity contribution in [1.82, 2.24) is 9.80 Å². The largest absolute Gasteiger partial charge is 0.394 e. The van der Waals surface area contributed by atoms with E-state index in [9.17, 15) is 14.7 Å². The van der Waals surface area contributed by atoms with Gasteiger partial charge in [-0.25, -0.2) is 0 Å². The van der Waals surface area contributed by atoms with Gasteiger partial charge in [-0.2, -0.15) is 0 Å². The molecule has 2 fully saturated rings. The van der Waals surface area contributed by atoms with Crippen molar-refractivity contribution in [2.75, 3.05) is 19.7 Å². The average Bonchev–Trinajstić information content (AvgIpc) is 3.31. The fourth-order valence-electron chi connectivity index (χ4n) is 5.42. The fourth-order valence-corrected chi connectivity index (χ4v) is 5.42. The molecule has 2 aliphatic heterocycles. The second-order valence-corrected chi connectivity index (χ2v) is 8.82. The van der Waals surface area contributed by atoms with Crippen molar-refractivity contribution in [2.24, 2.45) is 0 Å². The molecule has 0 aromatic heterocycles. The number of hydrogen-bond acceptors (Lipinski definition) is 3. The number of nitrogens with zero attached hydrogens (tertiary/aromatic N) is 2. The zero-order valence-corrected chi connectivity index (χ0v) is 17.6. The van der Waals surface area contributed by atoms with Gasteiger partial charge in [-0.3, -0.25) is 9.59 Å². The van der Waals surface area contributed by atoms with Crippen LogP contribution in [0.2, 0.25) is 0 Å². The minimum atomic E-state index is -0.208. The number of piperazine rings is 1. The second kappa shape index (κ2) is 8.31. The average molecular weight is 417 g/mol. The van der Waals surface area contributed by atoms with Gasteiger partial charge in [0.05, 0.1) is 31.7 Å². The lowest BCUT2D eigenvalue weighted by Gasteiger charge is -2.58. The molecule has 5 nitrogen and oxygen atoms in total. The number of fused-ring (bicyclic) bond motifs is 1. The Hall–Kier alpha value is -2.92. The maximum Gasteiger partial charge on any atom is 0.242 e. The van der Waals surface area contributed by atoms with E-state index in [1.807, 2.05) is 30.3 Å². The predicted molar refractivity (Wildman–Crippen MR) is 119 cm³/mol. The van der Waals surface area contributed by atoms with E-state index >= 15 is 0 Å². The SMILES string of the molecule is O=C(Cc1ccccc1)N1CC(=O)N2[C@H](CO)[C@@H](c3ccc(C4=CCCC4)cc3)[C@@H]2C1. The van der Waals surface area contributed by atoms with Crippen molar-refractivity contribution in [3.05, 3.63) is 77.4 Å². The van der Waals surface area contributed by atoms with Crippen molar-refractivity contribution >= 4 is 17.4 Å². The predicted octanol–water partition coefficient (Wildman–Crippen LogP) is 2.99. The van der Waals surface area contributed by atoms with Crippen molar-refractivity contribution in [2.45, 2.75) is 43.7 Å². The lowest BCUT2D eigenvalue weighted by atomic mass is 9.73. The van der Waals surface area contributed by atoms with Gasteiger partial charge in [0, 0.05) is 12.5 Å². The number of hydrogen-bond donors (Lipinski definition) is 1. The van der Waals surface area contributed by atoms with Crippen LogP contribution in [0.15, 0.2) is 60.7 Å². The molecular formula is C26H28N2O3. The summed E-state index contributed by atoms with van der Waals surface area (Å²) in [7, 11) is 0. The van der Waals surface area contributed by atoms with Crippen LogP contribution in [-0.4, -0.2) is 58.5 Å². The molecule has 3 atom stereocenters. The molecule has 2 heterocycles. The molecular weight excluding hydrogens is 388 g/mol. The monoisotopic (exact) mass is 416 g/mol. The summed E-state index contributed by atoms with van der Waals surface area (Å²) in [5.74, 6) is -0.0394. The Morgan fingerprint density at radius 1 is 1.06 bits per heavy atom. The zero-order chi connectivity index (χ0) is 21.4. The van der Waals surface area contributed by atoms with E-state index in [1.165, 1.54) is 17.6 Å². The van der Waals surface area contributed by atoms with Crippen molar-refractivity contribution in [3.8, 4) is 0 Å². The van der Waals surface area contributed by atoms with E-state index < -0.39 is 0 Å². The van der Waals surface area contributed by atoms with E-state index in [2.05, 4.69) is 30.3 Å². The van der Waals surface area contributed by atoms with Gasteiger partial charge in [-0.1, -0.05) is 60.7 Å². The summed E-state index contributed by atoms with van der Waals surface area (Å²) in [6.45, 7) is 0.557. The molecule has 160 valence electrons. The van der Waals surface area contributed by atoms with E-state index in [4.69, 9.17) is 0 Å². The molecule has 0 unspecified atom stereocenters. The Balaban J connectivity index is 1.33. The van der Waals surface area contributed by atoms with Gasteiger partial charge < -0.3 is 14.9 Å². The van der Waals surface area contributed by atoms with Crippen molar-refractivity contribution in [1.29, 1.82) is 0 Å². The Morgan fingerprint density at radius 2 is 1.84 bits per heavy atom. The molecule has 31 heavy (non-hydrogen) atoms. The summed E-state index contributed by atoms with van der Waals surface area (Å²) in [4.78, 5) is 29.2. The van der Waals surface area contributed by atoms with Crippen LogP contribution in [0.1, 0.15) is 41.9 Å². The van der Waals surface area contributed by atoms with E-state index in [0.29, 0.717) is 13.0 Å². The molecule has 2 amide bonds. The van der Waals surface area contributed by atoms with Crippen LogP contribution in [0.5, 0.6) is 0 Å². The molecule has 2 aromatic carbocycles. The first-order chi connectivity index (χ1) is 15.2. The summed E-state index contributed by atoms with van der Waals surface area (Å²) in [6.07, 6.45) is 6.12. The number of carbonyl (C=O) groups is 2. The van der Waals surface area contributed by atoms with Crippen LogP contribution in [0.3, 0.4) is 0 Å². The maximum atomic E-state index is 12.9. The quantitative estimate of drug-likeness (QED) is 0.815. The van der Waals surface area contributed by atoms with Gasteiger partial charge in [-0.05, 0) is 41.5 Å². The zero-order valence-electron chi connectivity index (χ0n) is 17.6. The molecule has 0 spiro atoms. The van der Waals surface area contributed by atoms with Gasteiger partial charge in [0.2, 0.25) is 11.8 Å². The molecule has 0 radical (unpaired) electrons. The van der Waals surface area contributed by atoms with Gasteiger partial charge >= 0.3 is 0 Å². The molecule has 0 saturated carbocycles. The Kier molecular flexibility index (Phi) is 5.36. The van der Waals surface area contributed by atoms with Crippen LogP contribution in [0, 0.1) is 0 Å². The summed E-state index contributed by atoms with van der Waals surface area (Å²) in [5, 5.41) is 9.99. The number of allylic oxidation sites excluding steroid dienone is 2. The highest BCUT2D eigenvalue weighted by Crippen LogP contribution is 2.43. The minimum Gasteiger partial charge on any atom is -0.394 e. The van der Waals surface area contributed by atoms with Gasteiger partial charge in [0.15, 0.2) is 0 Å². The van der Waals surface area contributed by atoms with E-state index in [-0.39, 0.29) is 43.0 Å². The number of rotatable bonds is 5. The Bertz CT molecular complexity index is 999. The highest BCUT2D eigenvalue weighted by molar-refractivity contribution is 5.88. The first-order valence-corrected chi connectivity index (χ1v) is 11.2. The third-order valence-electron chi connectivity index (χ3n) is 7.01. The summed E-state index contributed by atoms with van der Waals surface area (Å²) in [6, 6.07) is 17.9. The van der Waals surface area contributed by atoms with Gasteiger partial charge in [0.25, 0.3) is 0 Å². The fraction of sp³-hybridized carbons (Fsp3) is 0.385. The maximum absolute atomic E-state index is 12.9. The highest BCUT2D eigenvalue weighted by Gasteiger charge is 2.54. The Labute approximate surface area is 183 Å². The first kappa shape index (κ1) is 20.0. The van der Waals surface area contributed by atoms with Crippen LogP contribution in [0.4, 0.5) is 0 Å². The highest BCUT2D eigenvalue weighted by atomic mass is 16.3. The number of amides is 2. The third-order valence-corrected chi connectivity index (χ3v) is 7.01. The normalized spacial score (nSPS) is 25.1. The number of aliphatic hydroxyl groups excluding tert-OH is 1. The van der Waals surface area contributed by atoms with E-state index in [1.54, 1.807) is 9.80 Å². The molecule has 5 heteroatoms. The number of benzene rings is 2. The number of aliphatic hydroxyl groups is 1. The molecule has 5 rings (SSSR count). The topological polar surface area (TPSA) is 60.9 Å². The minimum absolute atomic E-state index is 0.0195. The standard InChI is InChI=1S/C26H28N2O3/c29-17-23-26(21-12-10-20(11-13-21)19-8-4-5-9-19)22-15-27(16-25(31)28(22)23)24(30)14-18-6-2-1-3-7-18/h1-3,6-8,10-13,22-23,26,29H,4-5,9,14-17H2/t22-,23+,26-/m0/s1. The molecule has 2 saturated heterocycles. The number of carbonyl (C=O) groups excluding carboxylic acids is 2. The molecule has 1 N–H and O–H groups in total.